The number of carbonyl (C=O) groups excluding carboxylic acids is 3. The number of phosphoric ester groups is 1. The van der Waals surface area contributed by atoms with E-state index >= 15 is 8.78 Å². The zero-order valence-electron chi connectivity index (χ0n) is 39.3. The standard InChI is InChI=1S/C44H42ClF10N8O10PS/c1-20-5-6-24(34(56-20)29(13-21-11-22(46)14-23(47)12-21)57-30(64)16-61-37-32(36(58-61)44(53,54)55)26-15-27(26)43(37,51)52)25-7-8-28(45)33-35(25)62(18-42(48,49)50)59-38(33)63(75-4)39(67)41(2,3)9-10-60(17-31(65)66)40(68)72-19-73-74(69,70)71/h5-8,11-12,14,26-27,29H,9-10,13,15-19H2,1-4H3,(H,57,64)(H,65,66)(H2,69,70,71)/t26-,27+,29-/m0/s1. The largest absolute Gasteiger partial charge is 0.480 e. The summed E-state index contributed by atoms with van der Waals surface area (Å²) < 4.78 is 168. The van der Waals surface area contributed by atoms with Gasteiger partial charge in [-0.2, -0.15) is 45.3 Å². The van der Waals surface area contributed by atoms with Crippen molar-refractivity contribution in [3.63, 3.8) is 0 Å². The summed E-state index contributed by atoms with van der Waals surface area (Å²) in [5, 5.41) is 19.0. The average Bonchev–Trinajstić information content (AvgIpc) is 3.79. The van der Waals surface area contributed by atoms with Crippen LogP contribution in [0.1, 0.15) is 72.6 Å². The number of carboxylic acid groups (broad SMARTS) is 1. The van der Waals surface area contributed by atoms with Crippen LogP contribution in [0.4, 0.5) is 54.5 Å². The van der Waals surface area contributed by atoms with E-state index in [4.69, 9.17) is 21.4 Å². The molecule has 2 aromatic carbocycles. The van der Waals surface area contributed by atoms with Gasteiger partial charge in [0.15, 0.2) is 11.5 Å². The Hall–Kier alpha value is -6.00. The highest BCUT2D eigenvalue weighted by atomic mass is 35.5. The molecule has 2 aliphatic rings. The van der Waals surface area contributed by atoms with Gasteiger partial charge in [-0.1, -0.05) is 37.6 Å². The van der Waals surface area contributed by atoms with E-state index in [2.05, 4.69) is 29.8 Å². The normalized spacial score (nSPS) is 16.6. The molecule has 1 saturated carbocycles. The molecule has 3 heterocycles. The van der Waals surface area contributed by atoms with Crippen molar-refractivity contribution in [2.45, 2.75) is 83.4 Å². The number of phosphoric acid groups is 1. The second kappa shape index (κ2) is 20.8. The van der Waals surface area contributed by atoms with Gasteiger partial charge in [-0.25, -0.2) is 27.0 Å². The van der Waals surface area contributed by atoms with Crippen LogP contribution in [0.2, 0.25) is 5.02 Å². The van der Waals surface area contributed by atoms with Crippen LogP contribution in [0.3, 0.4) is 0 Å². The number of nitrogens with zero attached hydrogens (tertiary/aromatic N) is 7. The van der Waals surface area contributed by atoms with E-state index in [1.165, 1.54) is 51.3 Å². The second-order valence-corrected chi connectivity index (χ2v) is 20.5. The lowest BCUT2D eigenvalue weighted by Crippen LogP contribution is -2.42. The maximum atomic E-state index is 15.5. The number of pyridine rings is 1. The number of benzene rings is 2. The number of carboxylic acids is 1. The maximum absolute atomic E-state index is 15.5. The first-order valence-electron chi connectivity index (χ1n) is 22.0. The quantitative estimate of drug-likeness (QED) is 0.0262. The summed E-state index contributed by atoms with van der Waals surface area (Å²) in [4.78, 5) is 75.8. The van der Waals surface area contributed by atoms with E-state index in [9.17, 15) is 64.0 Å². The minimum absolute atomic E-state index is 0.0933. The van der Waals surface area contributed by atoms with E-state index in [1.54, 1.807) is 0 Å². The molecule has 3 atom stereocenters. The zero-order chi connectivity index (χ0) is 55.5. The lowest BCUT2D eigenvalue weighted by atomic mass is 9.88. The average molecular weight is 1130 g/mol. The number of aliphatic carboxylic acids is 1. The third kappa shape index (κ3) is 12.5. The van der Waals surface area contributed by atoms with Crippen molar-refractivity contribution in [1.82, 2.24) is 34.8 Å². The fourth-order valence-corrected chi connectivity index (χ4v) is 9.96. The van der Waals surface area contributed by atoms with Crippen LogP contribution < -0.4 is 9.62 Å². The van der Waals surface area contributed by atoms with Gasteiger partial charge in [-0.15, -0.1) is 0 Å². The molecular formula is C44H42ClF10N8O10PS. The first-order chi connectivity index (χ1) is 34.7. The summed E-state index contributed by atoms with van der Waals surface area (Å²) >= 11 is 7.42. The summed E-state index contributed by atoms with van der Waals surface area (Å²) in [5.41, 5.74) is -5.87. The summed E-state index contributed by atoms with van der Waals surface area (Å²) in [6, 6.07) is 5.93. The van der Waals surface area contributed by atoms with Crippen molar-refractivity contribution in [2.24, 2.45) is 11.3 Å². The monoisotopic (exact) mass is 1130 g/mol. The second-order valence-electron chi connectivity index (χ2n) is 18.1. The molecule has 18 nitrogen and oxygen atoms in total. The van der Waals surface area contributed by atoms with Crippen LogP contribution in [0, 0.1) is 29.9 Å². The Balaban J connectivity index is 1.30. The van der Waals surface area contributed by atoms with E-state index in [-0.39, 0.29) is 56.0 Å². The van der Waals surface area contributed by atoms with Gasteiger partial charge < -0.3 is 24.9 Å². The number of rotatable bonds is 19. The molecule has 0 saturated heterocycles. The van der Waals surface area contributed by atoms with E-state index in [0.717, 1.165) is 16.4 Å². The molecule has 3 amide bonds. The van der Waals surface area contributed by atoms with Crippen molar-refractivity contribution in [2.75, 3.05) is 30.4 Å². The van der Waals surface area contributed by atoms with Gasteiger partial charge >= 0.3 is 32.2 Å². The molecule has 0 radical (unpaired) electrons. The Labute approximate surface area is 426 Å². The van der Waals surface area contributed by atoms with Gasteiger partial charge in [0.25, 0.3) is 5.92 Å². The summed E-state index contributed by atoms with van der Waals surface area (Å²) in [7, 11) is -5.12. The maximum Gasteiger partial charge on any atom is 0.472 e. The number of alkyl halides is 8. The first-order valence-corrected chi connectivity index (χ1v) is 25.1. The van der Waals surface area contributed by atoms with Crippen molar-refractivity contribution in [1.29, 1.82) is 0 Å². The van der Waals surface area contributed by atoms with Crippen LogP contribution in [-0.2, 0) is 59.8 Å². The lowest BCUT2D eigenvalue weighted by molar-refractivity contribution is -0.143. The topological polar surface area (TPSA) is 232 Å². The molecule has 3 aromatic heterocycles. The predicted octanol–water partition coefficient (Wildman–Crippen LogP) is 9.04. The van der Waals surface area contributed by atoms with Gasteiger partial charge in [0.1, 0.15) is 37.0 Å². The van der Waals surface area contributed by atoms with Crippen LogP contribution in [0.15, 0.2) is 42.5 Å². The Bertz CT molecular complexity index is 3110. The van der Waals surface area contributed by atoms with Crippen molar-refractivity contribution in [3.8, 4) is 11.1 Å². The Morgan fingerprint density at radius 1 is 1.00 bits per heavy atom. The first kappa shape index (κ1) is 56.7. The third-order valence-corrected chi connectivity index (χ3v) is 13.6. The van der Waals surface area contributed by atoms with Gasteiger partial charge in [0, 0.05) is 52.6 Å². The fraction of sp³-hybridized carbons (Fsp3) is 0.432. The highest BCUT2D eigenvalue weighted by Crippen LogP contribution is 2.68. The number of carbonyl (C=O) groups is 4. The van der Waals surface area contributed by atoms with E-state index in [1.807, 2.05) is 0 Å². The molecule has 2 aliphatic carbocycles. The SMILES string of the molecule is CSN(C(=O)C(C)(C)CCN(CC(=O)O)C(=O)OCOP(=O)(O)O)c1nn(CC(F)(F)F)c2c(-c3ccc(C)nc3[C@H](Cc3cc(F)cc(F)c3)NC(=O)Cn3nc(C(F)(F)F)c4c3C(F)(F)[C@@H]3C[C@H]43)ccc(Cl)c12. The van der Waals surface area contributed by atoms with Crippen LogP contribution >= 0.6 is 31.4 Å². The Morgan fingerprint density at radius 2 is 1.65 bits per heavy atom. The molecule has 31 heteroatoms. The third-order valence-electron chi connectivity index (χ3n) is 12.2. The molecule has 5 aromatic rings. The number of hydrogen-bond acceptors (Lipinski definition) is 11. The van der Waals surface area contributed by atoms with Crippen molar-refractivity contribution < 1.29 is 91.8 Å². The molecule has 0 unspecified atom stereocenters. The van der Waals surface area contributed by atoms with Gasteiger partial charge in [-0.3, -0.25) is 33.6 Å². The summed E-state index contributed by atoms with van der Waals surface area (Å²) in [6.45, 7) is -1.76. The smallest absolute Gasteiger partial charge is 0.472 e. The van der Waals surface area contributed by atoms with Gasteiger partial charge in [0.05, 0.1) is 27.7 Å². The molecule has 7 rings (SSSR count). The van der Waals surface area contributed by atoms with Crippen molar-refractivity contribution >= 4 is 72.0 Å². The molecule has 1 fully saturated rings. The molecular weight excluding hydrogens is 1090 g/mol. The van der Waals surface area contributed by atoms with Crippen LogP contribution in [-0.4, -0.2) is 101 Å². The minimum Gasteiger partial charge on any atom is -0.480 e. The van der Waals surface area contributed by atoms with Crippen molar-refractivity contribution in [3.05, 3.63) is 93.0 Å². The van der Waals surface area contributed by atoms with Gasteiger partial charge in [0.2, 0.25) is 18.6 Å². The highest BCUT2D eigenvalue weighted by Gasteiger charge is 2.68. The van der Waals surface area contributed by atoms with E-state index in [0.29, 0.717) is 27.6 Å². The Morgan fingerprint density at radius 3 is 2.25 bits per heavy atom. The number of aromatic nitrogens is 5. The number of nitrogens with one attached hydrogen (secondary N) is 1. The van der Waals surface area contributed by atoms with Crippen LogP contribution in [0.5, 0.6) is 0 Å². The number of aryl methyl sites for hydroxylation is 1. The number of halogens is 11. The fourth-order valence-electron chi connectivity index (χ4n) is 8.82. The number of anilines is 1. The number of hydrogen-bond donors (Lipinski definition) is 4. The Kier molecular flexibility index (Phi) is 15.8. The number of amides is 3. The number of fused-ring (bicyclic) bond motifs is 4. The molecule has 75 heavy (non-hydrogen) atoms. The summed E-state index contributed by atoms with van der Waals surface area (Å²) in [6.07, 6.45) is -11.4. The van der Waals surface area contributed by atoms with E-state index < -0.39 is 153 Å². The minimum atomic E-state index is -5.18. The number of ether oxygens (including phenoxy) is 1. The van der Waals surface area contributed by atoms with Crippen LogP contribution in [0.25, 0.3) is 22.0 Å². The molecule has 0 bridgehead atoms. The molecule has 0 aliphatic heterocycles. The summed E-state index contributed by atoms with van der Waals surface area (Å²) in [5.74, 6) is -12.7. The lowest BCUT2D eigenvalue weighted by Gasteiger charge is -2.31. The zero-order valence-corrected chi connectivity index (χ0v) is 41.7. The highest BCUT2D eigenvalue weighted by molar-refractivity contribution is 8.00. The molecule has 406 valence electrons. The molecule has 0 spiro atoms. The predicted molar refractivity (Wildman–Crippen MR) is 245 cm³/mol. The molecule has 4 N–H and O–H groups in total. The van der Waals surface area contributed by atoms with Gasteiger partial charge in [-0.05, 0) is 73.9 Å².